The van der Waals surface area contributed by atoms with Gasteiger partial charge in [0.1, 0.15) is 0 Å². The number of carbonyl (C=O) groups is 2. The minimum absolute atomic E-state index is 0.110. The highest BCUT2D eigenvalue weighted by Crippen LogP contribution is 2.41. The van der Waals surface area contributed by atoms with Gasteiger partial charge in [0.2, 0.25) is 0 Å². The number of aromatic nitrogens is 1. The summed E-state index contributed by atoms with van der Waals surface area (Å²) in [5.74, 6) is -1.28. The number of hydrogen-bond acceptors (Lipinski definition) is 5. The zero-order valence-electron chi connectivity index (χ0n) is 15.3. The van der Waals surface area contributed by atoms with Crippen LogP contribution in [0.4, 0.5) is 0 Å². The molecular formula is C20H21NO5. The number of methoxy groups -OCH3 is 2. The van der Waals surface area contributed by atoms with Gasteiger partial charge in [0.15, 0.2) is 5.41 Å². The molecule has 136 valence electrons. The van der Waals surface area contributed by atoms with Gasteiger partial charge in [0.05, 0.1) is 14.2 Å². The van der Waals surface area contributed by atoms with E-state index in [1.807, 2.05) is 37.3 Å². The van der Waals surface area contributed by atoms with Crippen LogP contribution in [0, 0.1) is 19.3 Å². The van der Waals surface area contributed by atoms with Gasteiger partial charge in [-0.25, -0.2) is 0 Å². The first kappa shape index (κ1) is 17.9. The van der Waals surface area contributed by atoms with Crippen molar-refractivity contribution in [1.82, 2.24) is 4.57 Å². The molecule has 0 radical (unpaired) electrons. The molecule has 0 amide bonds. The van der Waals surface area contributed by atoms with E-state index in [2.05, 4.69) is 0 Å². The van der Waals surface area contributed by atoms with Gasteiger partial charge < -0.3 is 9.47 Å². The van der Waals surface area contributed by atoms with Gasteiger partial charge in [0, 0.05) is 29.8 Å². The smallest absolute Gasteiger partial charge is 0.323 e. The fraction of sp³-hybridized carbons (Fsp3) is 0.350. The maximum atomic E-state index is 13.0. The molecule has 0 unspecified atom stereocenters. The van der Waals surface area contributed by atoms with E-state index in [0.29, 0.717) is 5.56 Å². The van der Waals surface area contributed by atoms with Crippen molar-refractivity contribution < 1.29 is 19.1 Å². The van der Waals surface area contributed by atoms with Crippen molar-refractivity contribution in [3.05, 3.63) is 63.1 Å². The quantitative estimate of drug-likeness (QED) is 0.621. The zero-order chi connectivity index (χ0) is 19.1. The summed E-state index contributed by atoms with van der Waals surface area (Å²) in [6.45, 7) is 3.56. The van der Waals surface area contributed by atoms with Crippen LogP contribution in [0.5, 0.6) is 0 Å². The first-order valence-corrected chi connectivity index (χ1v) is 8.33. The summed E-state index contributed by atoms with van der Waals surface area (Å²) >= 11 is 0. The third-order valence-electron chi connectivity index (χ3n) is 5.24. The predicted octanol–water partition coefficient (Wildman–Crippen LogP) is 1.89. The number of fused-ring (bicyclic) bond motifs is 1. The number of ether oxygens (including phenoxy) is 2. The lowest BCUT2D eigenvalue weighted by Gasteiger charge is -2.22. The Morgan fingerprint density at radius 2 is 1.50 bits per heavy atom. The van der Waals surface area contributed by atoms with Gasteiger partial charge >= 0.3 is 11.9 Å². The van der Waals surface area contributed by atoms with E-state index in [1.165, 1.54) is 14.2 Å². The van der Waals surface area contributed by atoms with Crippen LogP contribution in [-0.4, -0.2) is 30.7 Å². The van der Waals surface area contributed by atoms with Crippen LogP contribution in [0.1, 0.15) is 22.4 Å². The number of carbonyl (C=O) groups excluding carboxylic acids is 2. The number of rotatable bonds is 3. The van der Waals surface area contributed by atoms with Crippen molar-refractivity contribution in [2.75, 3.05) is 14.2 Å². The topological polar surface area (TPSA) is 74.6 Å². The molecule has 2 aromatic rings. The van der Waals surface area contributed by atoms with E-state index < -0.39 is 17.4 Å². The molecule has 0 fully saturated rings. The Bertz CT molecular complexity index is 927. The normalized spacial score (nSPS) is 14.6. The molecule has 1 aliphatic carbocycles. The lowest BCUT2D eigenvalue weighted by atomic mass is 9.84. The van der Waals surface area contributed by atoms with E-state index in [1.54, 1.807) is 11.5 Å². The molecule has 1 aliphatic rings. The molecule has 0 N–H and O–H groups in total. The molecule has 1 heterocycles. The van der Waals surface area contributed by atoms with Crippen LogP contribution < -0.4 is 5.56 Å². The van der Waals surface area contributed by atoms with Gasteiger partial charge in [-0.2, -0.15) is 0 Å². The average Bonchev–Trinajstić information content (AvgIpc) is 3.08. The lowest BCUT2D eigenvalue weighted by molar-refractivity contribution is -0.168. The molecular weight excluding hydrogens is 334 g/mol. The van der Waals surface area contributed by atoms with Crippen molar-refractivity contribution in [3.63, 3.8) is 0 Å². The molecule has 0 saturated heterocycles. The second kappa shape index (κ2) is 6.44. The summed E-state index contributed by atoms with van der Waals surface area (Å²) in [4.78, 5) is 37.9. The van der Waals surface area contributed by atoms with Gasteiger partial charge in [-0.1, -0.05) is 18.2 Å². The number of nitrogens with zero attached hydrogens (tertiary/aromatic N) is 1. The average molecular weight is 355 g/mol. The Labute approximate surface area is 151 Å². The fourth-order valence-corrected chi connectivity index (χ4v) is 3.82. The molecule has 1 aromatic heterocycles. The number of pyridine rings is 1. The largest absolute Gasteiger partial charge is 0.468 e. The third kappa shape index (κ3) is 2.44. The van der Waals surface area contributed by atoms with Crippen LogP contribution in [0.3, 0.4) is 0 Å². The first-order valence-electron chi connectivity index (χ1n) is 8.33. The molecule has 1 aromatic carbocycles. The summed E-state index contributed by atoms with van der Waals surface area (Å²) in [5, 5.41) is 0. The second-order valence-electron chi connectivity index (χ2n) is 6.56. The zero-order valence-corrected chi connectivity index (χ0v) is 15.3. The SMILES string of the molecule is COC(=O)C1(C(=O)OC)Cc2c(c(C)n(-c3ccccc3)c(=O)c2C)C1. The molecule has 3 rings (SSSR count). The van der Waals surface area contributed by atoms with E-state index in [9.17, 15) is 14.4 Å². The molecule has 6 nitrogen and oxygen atoms in total. The highest BCUT2D eigenvalue weighted by molar-refractivity contribution is 6.01. The van der Waals surface area contributed by atoms with E-state index in [-0.39, 0.29) is 18.4 Å². The summed E-state index contributed by atoms with van der Waals surface area (Å²) in [7, 11) is 2.50. The molecule has 0 atom stereocenters. The molecule has 0 spiro atoms. The Kier molecular flexibility index (Phi) is 4.44. The van der Waals surface area contributed by atoms with E-state index in [4.69, 9.17) is 9.47 Å². The van der Waals surface area contributed by atoms with E-state index in [0.717, 1.165) is 22.5 Å². The number of hydrogen-bond donors (Lipinski definition) is 0. The van der Waals surface area contributed by atoms with Gasteiger partial charge in [-0.05, 0) is 37.1 Å². The van der Waals surface area contributed by atoms with Crippen molar-refractivity contribution in [2.45, 2.75) is 26.7 Å². The Hall–Kier alpha value is -2.89. The van der Waals surface area contributed by atoms with Gasteiger partial charge in [-0.3, -0.25) is 19.0 Å². The van der Waals surface area contributed by atoms with Crippen molar-refractivity contribution >= 4 is 11.9 Å². The van der Waals surface area contributed by atoms with Crippen LogP contribution >= 0.6 is 0 Å². The van der Waals surface area contributed by atoms with Crippen molar-refractivity contribution in [3.8, 4) is 5.69 Å². The second-order valence-corrected chi connectivity index (χ2v) is 6.56. The van der Waals surface area contributed by atoms with Crippen LogP contribution in [0.2, 0.25) is 0 Å². The van der Waals surface area contributed by atoms with Crippen LogP contribution in [0.15, 0.2) is 35.1 Å². The Balaban J connectivity index is 2.24. The standard InChI is InChI=1S/C20H21NO5/c1-12-15-10-20(18(23)25-3,19(24)26-4)11-16(15)13(2)21(17(12)22)14-8-6-5-7-9-14/h5-9H,10-11H2,1-4H3. The van der Waals surface area contributed by atoms with Crippen LogP contribution in [0.25, 0.3) is 5.69 Å². The molecule has 6 heteroatoms. The first-order chi connectivity index (χ1) is 12.4. The van der Waals surface area contributed by atoms with Crippen LogP contribution in [-0.2, 0) is 31.9 Å². The Morgan fingerprint density at radius 3 is 2.04 bits per heavy atom. The highest BCUT2D eigenvalue weighted by atomic mass is 16.5. The Morgan fingerprint density at radius 1 is 0.962 bits per heavy atom. The summed E-state index contributed by atoms with van der Waals surface area (Å²) in [6.07, 6.45) is 0.265. The highest BCUT2D eigenvalue weighted by Gasteiger charge is 2.53. The number of benzene rings is 1. The minimum atomic E-state index is -1.44. The van der Waals surface area contributed by atoms with E-state index >= 15 is 0 Å². The molecule has 0 aliphatic heterocycles. The van der Waals surface area contributed by atoms with Gasteiger partial charge in [-0.15, -0.1) is 0 Å². The molecule has 0 saturated carbocycles. The van der Waals surface area contributed by atoms with Crippen molar-refractivity contribution in [2.24, 2.45) is 5.41 Å². The summed E-state index contributed by atoms with van der Waals surface area (Å²) in [6, 6.07) is 9.30. The fourth-order valence-electron chi connectivity index (χ4n) is 3.82. The van der Waals surface area contributed by atoms with Gasteiger partial charge in [0.25, 0.3) is 5.56 Å². The molecule has 26 heavy (non-hydrogen) atoms. The third-order valence-corrected chi connectivity index (χ3v) is 5.24. The minimum Gasteiger partial charge on any atom is -0.468 e. The summed E-state index contributed by atoms with van der Waals surface area (Å²) < 4.78 is 11.4. The van der Waals surface area contributed by atoms with Crippen molar-refractivity contribution in [1.29, 1.82) is 0 Å². The maximum absolute atomic E-state index is 13.0. The lowest BCUT2D eigenvalue weighted by Crippen LogP contribution is -2.42. The maximum Gasteiger partial charge on any atom is 0.323 e. The number of para-hydroxylation sites is 1. The molecule has 0 bridgehead atoms. The predicted molar refractivity (Wildman–Crippen MR) is 95.4 cm³/mol. The monoisotopic (exact) mass is 355 g/mol. The summed E-state index contributed by atoms with van der Waals surface area (Å²) in [5.41, 5.74) is 1.95. The number of esters is 2.